The summed E-state index contributed by atoms with van der Waals surface area (Å²) in [6.45, 7) is 3.99. The number of ether oxygens (including phenoxy) is 1. The number of hydrogen-bond donors (Lipinski definition) is 3. The van der Waals surface area contributed by atoms with Crippen molar-refractivity contribution in [1.29, 1.82) is 10.7 Å². The van der Waals surface area contributed by atoms with Gasteiger partial charge in [0, 0.05) is 66.6 Å². The average Bonchev–Trinajstić information content (AvgIpc) is 3.29. The van der Waals surface area contributed by atoms with Crippen LogP contribution in [0.25, 0.3) is 27.6 Å². The summed E-state index contributed by atoms with van der Waals surface area (Å²) in [7, 11) is 3.30. The van der Waals surface area contributed by atoms with Gasteiger partial charge in [-0.3, -0.25) is 9.59 Å². The second-order valence-corrected chi connectivity index (χ2v) is 8.54. The molecule has 0 amide bonds. The lowest BCUT2D eigenvalue weighted by Crippen LogP contribution is -2.18. The monoisotopic (exact) mass is 482 g/mol. The number of fused-ring (bicyclic) bond motifs is 1. The Kier molecular flexibility index (Phi) is 6.61. The van der Waals surface area contributed by atoms with Gasteiger partial charge in [-0.1, -0.05) is 18.2 Å². The third kappa shape index (κ3) is 4.44. The summed E-state index contributed by atoms with van der Waals surface area (Å²) in [5.41, 5.74) is 3.91. The molecule has 0 aliphatic rings. The van der Waals surface area contributed by atoms with E-state index < -0.39 is 0 Å². The molecule has 3 N–H and O–H groups in total. The maximum absolute atomic E-state index is 13.0. The van der Waals surface area contributed by atoms with E-state index in [1.807, 2.05) is 38.1 Å². The van der Waals surface area contributed by atoms with Crippen LogP contribution in [0, 0.1) is 30.6 Å². The van der Waals surface area contributed by atoms with Crippen molar-refractivity contribution in [2.75, 3.05) is 6.54 Å². The fourth-order valence-corrected chi connectivity index (χ4v) is 4.08. The minimum Gasteiger partial charge on any atom is -0.455 e. The molecule has 0 bridgehead atoms. The fourth-order valence-electron chi connectivity index (χ4n) is 4.08. The topological polar surface area (TPSA) is 129 Å². The van der Waals surface area contributed by atoms with Crippen LogP contribution in [0.3, 0.4) is 0 Å². The van der Waals surface area contributed by atoms with E-state index in [-0.39, 0.29) is 17.7 Å². The van der Waals surface area contributed by atoms with Crippen LogP contribution >= 0.6 is 0 Å². The van der Waals surface area contributed by atoms with E-state index in [2.05, 4.69) is 10.3 Å². The van der Waals surface area contributed by atoms with Gasteiger partial charge in [-0.15, -0.1) is 0 Å². The maximum atomic E-state index is 13.0. The summed E-state index contributed by atoms with van der Waals surface area (Å²) in [6, 6.07) is 11.1. The number of H-pyrrole nitrogens is 1. The Morgan fingerprint density at radius 3 is 2.53 bits per heavy atom. The van der Waals surface area contributed by atoms with Crippen LogP contribution in [0.1, 0.15) is 16.8 Å². The molecule has 4 aromatic rings. The first-order chi connectivity index (χ1) is 17.2. The van der Waals surface area contributed by atoms with Crippen molar-refractivity contribution >= 4 is 22.7 Å². The van der Waals surface area contributed by atoms with E-state index in [9.17, 15) is 9.59 Å². The average molecular weight is 483 g/mol. The number of aromatic nitrogens is 3. The largest absolute Gasteiger partial charge is 0.455 e. The Balaban J connectivity index is 1.97. The first kappa shape index (κ1) is 24.3. The van der Waals surface area contributed by atoms with Crippen LogP contribution in [-0.2, 0) is 14.1 Å². The van der Waals surface area contributed by atoms with Crippen LogP contribution < -0.4 is 21.2 Å². The van der Waals surface area contributed by atoms with E-state index >= 15 is 0 Å². The van der Waals surface area contributed by atoms with Gasteiger partial charge in [-0.2, -0.15) is 5.26 Å². The molecule has 0 aliphatic heterocycles. The molecule has 3 heterocycles. The van der Waals surface area contributed by atoms with Gasteiger partial charge in [0.1, 0.15) is 17.8 Å². The molecule has 9 heteroatoms. The standard InChI is InChI=1S/C27H26N6O3/c1-16-6-5-7-17(2)26(16)36-23-15-32(3)24(34)11-19(23)21-14-33(4)27(35)25-20(21)10-22(31-25)18(12-29)13-30-9-8-28/h5-7,10-15,29-31H,9H2,1-4H3/b18-13+,29-12?. The van der Waals surface area contributed by atoms with Crippen molar-refractivity contribution in [1.82, 2.24) is 19.4 Å². The van der Waals surface area contributed by atoms with Crippen molar-refractivity contribution in [2.45, 2.75) is 13.8 Å². The number of rotatable bonds is 7. The Morgan fingerprint density at radius 1 is 1.14 bits per heavy atom. The number of benzene rings is 1. The number of pyridine rings is 2. The van der Waals surface area contributed by atoms with Crippen molar-refractivity contribution < 1.29 is 4.74 Å². The van der Waals surface area contributed by atoms with Gasteiger partial charge in [0.2, 0.25) is 0 Å². The highest BCUT2D eigenvalue weighted by Crippen LogP contribution is 2.38. The molecule has 36 heavy (non-hydrogen) atoms. The molecule has 182 valence electrons. The molecule has 0 fully saturated rings. The number of hydrogen-bond acceptors (Lipinski definition) is 6. The van der Waals surface area contributed by atoms with Gasteiger partial charge in [-0.25, -0.2) is 0 Å². The summed E-state index contributed by atoms with van der Waals surface area (Å²) in [5, 5.41) is 20.0. The lowest BCUT2D eigenvalue weighted by atomic mass is 10.0. The molecule has 0 spiro atoms. The van der Waals surface area contributed by atoms with E-state index in [1.165, 1.54) is 15.2 Å². The van der Waals surface area contributed by atoms with Gasteiger partial charge in [0.15, 0.2) is 5.75 Å². The molecule has 9 nitrogen and oxygen atoms in total. The number of nitrogens with zero attached hydrogens (tertiary/aromatic N) is 3. The van der Waals surface area contributed by atoms with Crippen LogP contribution in [0.5, 0.6) is 11.5 Å². The van der Waals surface area contributed by atoms with E-state index in [0.29, 0.717) is 44.8 Å². The van der Waals surface area contributed by atoms with E-state index in [0.717, 1.165) is 17.3 Å². The van der Waals surface area contributed by atoms with Crippen molar-refractivity contribution in [3.05, 3.63) is 86.5 Å². The summed E-state index contributed by atoms with van der Waals surface area (Å²) < 4.78 is 9.27. The minimum absolute atomic E-state index is 0.0803. The second-order valence-electron chi connectivity index (χ2n) is 8.54. The third-order valence-electron chi connectivity index (χ3n) is 5.97. The second kappa shape index (κ2) is 9.80. The molecule has 0 saturated carbocycles. The fraction of sp³-hybridized carbons (Fsp3) is 0.185. The van der Waals surface area contributed by atoms with E-state index in [1.54, 1.807) is 38.8 Å². The minimum atomic E-state index is -0.254. The number of aryl methyl sites for hydroxylation is 4. The summed E-state index contributed by atoms with van der Waals surface area (Å²) in [4.78, 5) is 28.8. The smallest absolute Gasteiger partial charge is 0.274 e. The summed E-state index contributed by atoms with van der Waals surface area (Å²) in [6.07, 6.45) is 5.99. The SMILES string of the molecule is Cc1cccc(C)c1Oc1cn(C)c(=O)cc1-c1cn(C)c(=O)c2[nH]c(/C(C=N)=C/NCC#N)cc12. The normalized spacial score (nSPS) is 11.4. The molecule has 0 aliphatic carbocycles. The zero-order valence-corrected chi connectivity index (χ0v) is 20.5. The molecule has 0 unspecified atom stereocenters. The Morgan fingerprint density at radius 2 is 1.86 bits per heavy atom. The van der Waals surface area contributed by atoms with Crippen molar-refractivity contribution in [2.24, 2.45) is 14.1 Å². The quantitative estimate of drug-likeness (QED) is 0.210. The highest BCUT2D eigenvalue weighted by molar-refractivity contribution is 6.10. The lowest BCUT2D eigenvalue weighted by molar-refractivity contribution is 0.470. The predicted molar refractivity (Wildman–Crippen MR) is 141 cm³/mol. The molecule has 0 radical (unpaired) electrons. The van der Waals surface area contributed by atoms with Crippen LogP contribution in [0.15, 0.2) is 58.5 Å². The highest BCUT2D eigenvalue weighted by Gasteiger charge is 2.19. The van der Waals surface area contributed by atoms with Gasteiger partial charge in [0.25, 0.3) is 11.1 Å². The Bertz CT molecular complexity index is 1660. The Hall–Kier alpha value is -4.84. The zero-order chi connectivity index (χ0) is 26.0. The van der Waals surface area contributed by atoms with Gasteiger partial charge < -0.3 is 29.6 Å². The molecule has 1 aromatic carbocycles. The van der Waals surface area contributed by atoms with Crippen molar-refractivity contribution in [3.8, 4) is 28.7 Å². The first-order valence-corrected chi connectivity index (χ1v) is 11.2. The van der Waals surface area contributed by atoms with Crippen LogP contribution in [0.2, 0.25) is 0 Å². The molecule has 0 atom stereocenters. The van der Waals surface area contributed by atoms with Crippen molar-refractivity contribution in [3.63, 3.8) is 0 Å². The molecule has 0 saturated heterocycles. The van der Waals surface area contributed by atoms with Gasteiger partial charge in [0.05, 0.1) is 12.3 Å². The number of aromatic amines is 1. The summed E-state index contributed by atoms with van der Waals surface area (Å²) >= 11 is 0. The molecular weight excluding hydrogens is 456 g/mol. The molecular formula is C27H26N6O3. The predicted octanol–water partition coefficient (Wildman–Crippen LogP) is 3.75. The van der Waals surface area contributed by atoms with Gasteiger partial charge >= 0.3 is 0 Å². The van der Waals surface area contributed by atoms with Crippen LogP contribution in [0.4, 0.5) is 0 Å². The Labute approximate surface area is 207 Å². The first-order valence-electron chi connectivity index (χ1n) is 11.2. The third-order valence-corrected chi connectivity index (χ3v) is 5.97. The highest BCUT2D eigenvalue weighted by atomic mass is 16.5. The molecule has 4 rings (SSSR count). The lowest BCUT2D eigenvalue weighted by Gasteiger charge is -2.17. The number of para-hydroxylation sites is 1. The number of allylic oxidation sites excluding steroid dienone is 1. The maximum Gasteiger partial charge on any atom is 0.274 e. The number of nitrogens with one attached hydrogen (secondary N) is 3. The summed E-state index contributed by atoms with van der Waals surface area (Å²) in [5.74, 6) is 1.17. The molecule has 3 aromatic heterocycles. The zero-order valence-electron chi connectivity index (χ0n) is 20.5. The van der Waals surface area contributed by atoms with Gasteiger partial charge in [-0.05, 0) is 31.0 Å². The van der Waals surface area contributed by atoms with E-state index in [4.69, 9.17) is 15.4 Å². The van der Waals surface area contributed by atoms with Crippen LogP contribution in [-0.4, -0.2) is 26.9 Å². The number of nitriles is 1.